The number of thiophene rings is 1. The summed E-state index contributed by atoms with van der Waals surface area (Å²) in [6.45, 7) is -0.172. The van der Waals surface area contributed by atoms with E-state index >= 15 is 0 Å². The minimum Gasteiger partial charge on any atom is -0.444 e. The molecule has 0 unspecified atom stereocenters. The summed E-state index contributed by atoms with van der Waals surface area (Å²) in [5.41, 5.74) is -0.603. The Morgan fingerprint density at radius 2 is 2.00 bits per heavy atom. The molecule has 0 aromatic carbocycles. The number of rotatable bonds is 3. The van der Waals surface area contributed by atoms with Gasteiger partial charge >= 0.3 is 64.5 Å². The molecule has 0 atom stereocenters. The van der Waals surface area contributed by atoms with E-state index in [1.54, 1.807) is 20.8 Å². The Bertz CT molecular complexity index is 431. The maximum Gasteiger partial charge on any atom is 1.00 e. The molecule has 1 aromatic heterocycles. The number of carbonyl (C=O) groups excluding carboxylic acids is 1. The third-order valence-corrected chi connectivity index (χ3v) is 2.96. The molecular formula is C10H14BF3KNO2S. The van der Waals surface area contributed by atoms with Crippen LogP contribution < -0.4 is 61.5 Å². The van der Waals surface area contributed by atoms with Crippen molar-refractivity contribution in [2.75, 3.05) is 0 Å². The summed E-state index contributed by atoms with van der Waals surface area (Å²) >= 11 is 0.632. The monoisotopic (exact) mass is 319 g/mol. The zero-order valence-corrected chi connectivity index (χ0v) is 15.2. The van der Waals surface area contributed by atoms with E-state index in [1.165, 1.54) is 11.4 Å². The molecule has 0 aliphatic carbocycles. The van der Waals surface area contributed by atoms with Gasteiger partial charge in [-0.25, -0.2) is 4.79 Å². The Morgan fingerprint density at radius 1 is 1.42 bits per heavy atom. The predicted molar refractivity (Wildman–Crippen MR) is 66.1 cm³/mol. The molecule has 19 heavy (non-hydrogen) atoms. The van der Waals surface area contributed by atoms with Crippen molar-refractivity contribution in [3.05, 3.63) is 17.0 Å². The van der Waals surface area contributed by atoms with Gasteiger partial charge in [-0.15, -0.1) is 0 Å². The quantitative estimate of drug-likeness (QED) is 0.786. The molecular weight excluding hydrogens is 305 g/mol. The fraction of sp³-hybridized carbons (Fsp3) is 0.500. The van der Waals surface area contributed by atoms with Crippen LogP contribution in [0.5, 0.6) is 0 Å². The molecule has 0 saturated heterocycles. The van der Waals surface area contributed by atoms with E-state index < -0.39 is 23.4 Å². The van der Waals surface area contributed by atoms with Gasteiger partial charge in [0.2, 0.25) is 0 Å². The number of amides is 1. The summed E-state index contributed by atoms with van der Waals surface area (Å²) in [6, 6.07) is 1.35. The zero-order valence-electron chi connectivity index (χ0n) is 11.3. The van der Waals surface area contributed by atoms with Crippen LogP contribution >= 0.6 is 11.3 Å². The maximum absolute atomic E-state index is 12.6. The minimum absolute atomic E-state index is 0. The summed E-state index contributed by atoms with van der Waals surface area (Å²) in [6.07, 6.45) is -0.727. The first kappa shape index (κ1) is 19.5. The van der Waals surface area contributed by atoms with Crippen LogP contribution in [0.3, 0.4) is 0 Å². The number of hydrogen-bond acceptors (Lipinski definition) is 3. The van der Waals surface area contributed by atoms with Crippen LogP contribution in [-0.2, 0) is 11.3 Å². The van der Waals surface area contributed by atoms with Gasteiger partial charge in [-0.05, 0) is 42.6 Å². The molecule has 1 amide bonds. The number of halogens is 3. The first-order valence-corrected chi connectivity index (χ1v) is 6.20. The van der Waals surface area contributed by atoms with Gasteiger partial charge in [0.1, 0.15) is 5.60 Å². The van der Waals surface area contributed by atoms with Crippen LogP contribution in [0.1, 0.15) is 26.3 Å². The smallest absolute Gasteiger partial charge is 0.444 e. The standard InChI is InChI=1S/C10H14BF3NO2S.K/c1-10(2,3)17-9(16)15-6-7-4-5-18-8(7)11(12,13)14;/h4-5H,6H2,1-3H3,(H,15,16);/q-1;+1. The molecule has 1 heterocycles. The van der Waals surface area contributed by atoms with E-state index in [0.717, 1.165) is 0 Å². The summed E-state index contributed by atoms with van der Waals surface area (Å²) in [5.74, 6) is 0. The number of ether oxygens (including phenoxy) is 1. The van der Waals surface area contributed by atoms with Crippen molar-refractivity contribution < 1.29 is 73.9 Å². The molecule has 9 heteroatoms. The van der Waals surface area contributed by atoms with Crippen LogP contribution in [0, 0.1) is 0 Å². The normalized spacial score (nSPS) is 11.7. The second kappa shape index (κ2) is 7.46. The predicted octanol–water partition coefficient (Wildman–Crippen LogP) is -0.169. The molecule has 1 aromatic rings. The topological polar surface area (TPSA) is 38.3 Å². The van der Waals surface area contributed by atoms with Crippen molar-refractivity contribution in [1.82, 2.24) is 5.32 Å². The summed E-state index contributed by atoms with van der Waals surface area (Å²) in [4.78, 5) is 11.3. The van der Waals surface area contributed by atoms with Crippen LogP contribution in [0.25, 0.3) is 0 Å². The Labute approximate surface area is 156 Å². The Morgan fingerprint density at radius 3 is 2.47 bits per heavy atom. The summed E-state index contributed by atoms with van der Waals surface area (Å²) < 4.78 is 42.1. The number of hydrogen-bond donors (Lipinski definition) is 1. The van der Waals surface area contributed by atoms with Crippen LogP contribution in [0.2, 0.25) is 0 Å². The van der Waals surface area contributed by atoms with Crippen molar-refractivity contribution in [1.29, 1.82) is 0 Å². The minimum atomic E-state index is -5.03. The largest absolute Gasteiger partial charge is 1.00 e. The van der Waals surface area contributed by atoms with Crippen molar-refractivity contribution in [3.8, 4) is 0 Å². The maximum atomic E-state index is 12.6. The second-order valence-electron chi connectivity index (χ2n) is 4.74. The Kier molecular flexibility index (Phi) is 7.65. The Balaban J connectivity index is 0.00000324. The summed E-state index contributed by atoms with van der Waals surface area (Å²) in [5, 5.41) is 3.67. The van der Waals surface area contributed by atoms with Crippen molar-refractivity contribution in [2.45, 2.75) is 32.9 Å². The van der Waals surface area contributed by atoms with E-state index in [-0.39, 0.29) is 63.5 Å². The SMILES string of the molecule is CC(C)(C)OC(=O)NCc1ccsc1[B-](F)(F)F.[K+]. The molecule has 0 aliphatic rings. The second-order valence-corrected chi connectivity index (χ2v) is 5.69. The summed E-state index contributed by atoms with van der Waals surface area (Å²) in [7, 11) is 0. The van der Waals surface area contributed by atoms with E-state index in [1.807, 2.05) is 0 Å². The molecule has 0 saturated carbocycles. The fourth-order valence-corrected chi connectivity index (χ4v) is 2.09. The average Bonchev–Trinajstić information content (AvgIpc) is 2.58. The van der Waals surface area contributed by atoms with Crippen LogP contribution in [-0.4, -0.2) is 18.7 Å². The van der Waals surface area contributed by atoms with E-state index in [4.69, 9.17) is 4.74 Å². The van der Waals surface area contributed by atoms with Gasteiger partial charge in [-0.1, -0.05) is 0 Å². The van der Waals surface area contributed by atoms with Gasteiger partial charge in [0, 0.05) is 6.54 Å². The molecule has 3 nitrogen and oxygen atoms in total. The van der Waals surface area contributed by atoms with Gasteiger partial charge < -0.3 is 23.0 Å². The number of carbonyl (C=O) groups is 1. The van der Waals surface area contributed by atoms with Crippen LogP contribution in [0.4, 0.5) is 17.7 Å². The molecule has 0 bridgehead atoms. The number of alkyl carbamates (subject to hydrolysis) is 1. The van der Waals surface area contributed by atoms with Crippen molar-refractivity contribution >= 4 is 29.2 Å². The van der Waals surface area contributed by atoms with E-state index in [2.05, 4.69) is 5.32 Å². The zero-order chi connectivity index (χ0) is 14.0. The van der Waals surface area contributed by atoms with Crippen molar-refractivity contribution in [3.63, 3.8) is 0 Å². The molecule has 0 fully saturated rings. The van der Waals surface area contributed by atoms with Gasteiger partial charge in [-0.3, -0.25) is 0 Å². The van der Waals surface area contributed by atoms with E-state index in [9.17, 15) is 17.7 Å². The average molecular weight is 319 g/mol. The molecule has 1 rings (SSSR count). The van der Waals surface area contributed by atoms with Gasteiger partial charge in [0.25, 0.3) is 0 Å². The molecule has 0 aliphatic heterocycles. The van der Waals surface area contributed by atoms with Gasteiger partial charge in [-0.2, -0.15) is 11.3 Å². The van der Waals surface area contributed by atoms with Crippen LogP contribution in [0.15, 0.2) is 11.4 Å². The fourth-order valence-electron chi connectivity index (χ4n) is 1.26. The Hall–Kier alpha value is 0.461. The third kappa shape index (κ3) is 7.14. The van der Waals surface area contributed by atoms with Crippen molar-refractivity contribution in [2.24, 2.45) is 0 Å². The van der Waals surface area contributed by atoms with E-state index in [0.29, 0.717) is 11.3 Å². The van der Waals surface area contributed by atoms with Gasteiger partial charge in [0.15, 0.2) is 0 Å². The molecule has 102 valence electrons. The molecule has 0 spiro atoms. The molecule has 0 radical (unpaired) electrons. The van der Waals surface area contributed by atoms with Gasteiger partial charge in [0.05, 0.1) is 0 Å². The number of nitrogens with one attached hydrogen (secondary N) is 1. The first-order chi connectivity index (χ1) is 8.09. The third-order valence-electron chi connectivity index (χ3n) is 1.90. The first-order valence-electron chi connectivity index (χ1n) is 5.32. The molecule has 1 N–H and O–H groups in total.